The molecule has 0 atom stereocenters. The molecule has 1 aliphatic carbocycles. The van der Waals surface area contributed by atoms with Gasteiger partial charge in [-0.15, -0.1) is 0 Å². The number of nitrogens with zero attached hydrogens (tertiary/aromatic N) is 1. The van der Waals surface area contributed by atoms with Gasteiger partial charge in [0, 0.05) is 12.1 Å². The van der Waals surface area contributed by atoms with Crippen molar-refractivity contribution in [1.82, 2.24) is 0 Å². The molecule has 2 rings (SSSR count). The molecular formula is C13H16N2O4. The van der Waals surface area contributed by atoms with Crippen LogP contribution in [0, 0.1) is 16.0 Å². The summed E-state index contributed by atoms with van der Waals surface area (Å²) < 4.78 is 0. The summed E-state index contributed by atoms with van der Waals surface area (Å²) in [4.78, 5) is 21.3. The number of hydrogen-bond acceptors (Lipinski definition) is 4. The first kappa shape index (κ1) is 13.3. The van der Waals surface area contributed by atoms with Gasteiger partial charge in [0.2, 0.25) is 0 Å². The molecule has 102 valence electrons. The normalized spacial score (nSPS) is 22.7. The smallest absolute Gasteiger partial charge is 0.306 e. The fraction of sp³-hybridized carbons (Fsp3) is 0.462. The van der Waals surface area contributed by atoms with Crippen molar-refractivity contribution in [2.45, 2.75) is 31.7 Å². The molecule has 0 aromatic heterocycles. The van der Waals surface area contributed by atoms with Crippen LogP contribution >= 0.6 is 0 Å². The predicted molar refractivity (Wildman–Crippen MR) is 70.1 cm³/mol. The molecule has 0 bridgehead atoms. The first-order chi connectivity index (χ1) is 9.08. The van der Waals surface area contributed by atoms with Crippen LogP contribution in [0.15, 0.2) is 24.3 Å². The zero-order valence-electron chi connectivity index (χ0n) is 10.4. The van der Waals surface area contributed by atoms with E-state index in [2.05, 4.69) is 5.32 Å². The predicted octanol–water partition coefficient (Wildman–Crippen LogP) is 2.65. The van der Waals surface area contributed by atoms with Gasteiger partial charge < -0.3 is 10.4 Å². The van der Waals surface area contributed by atoms with E-state index in [0.29, 0.717) is 18.5 Å². The topological polar surface area (TPSA) is 92.5 Å². The zero-order chi connectivity index (χ0) is 13.8. The van der Waals surface area contributed by atoms with Crippen molar-refractivity contribution in [2.24, 2.45) is 5.92 Å². The third kappa shape index (κ3) is 3.21. The Morgan fingerprint density at radius 2 is 1.89 bits per heavy atom. The van der Waals surface area contributed by atoms with E-state index in [1.165, 1.54) is 6.07 Å². The van der Waals surface area contributed by atoms with E-state index >= 15 is 0 Å². The lowest BCUT2D eigenvalue weighted by Crippen LogP contribution is -2.29. The Morgan fingerprint density at radius 1 is 1.26 bits per heavy atom. The minimum atomic E-state index is -0.746. The Balaban J connectivity index is 2.00. The number of carbonyl (C=O) groups is 1. The van der Waals surface area contributed by atoms with E-state index in [4.69, 9.17) is 5.11 Å². The van der Waals surface area contributed by atoms with Crippen molar-refractivity contribution in [2.75, 3.05) is 5.32 Å². The maximum atomic E-state index is 10.9. The molecule has 1 aromatic carbocycles. The highest BCUT2D eigenvalue weighted by Gasteiger charge is 2.26. The third-order valence-electron chi connectivity index (χ3n) is 3.54. The van der Waals surface area contributed by atoms with Gasteiger partial charge in [-0.3, -0.25) is 14.9 Å². The number of anilines is 1. The molecule has 1 aromatic rings. The summed E-state index contributed by atoms with van der Waals surface area (Å²) in [5.74, 6) is -1.02. The van der Waals surface area contributed by atoms with Gasteiger partial charge in [0.1, 0.15) is 5.69 Å². The van der Waals surface area contributed by atoms with Gasteiger partial charge in [-0.25, -0.2) is 0 Å². The van der Waals surface area contributed by atoms with E-state index in [-0.39, 0.29) is 17.6 Å². The van der Waals surface area contributed by atoms with Crippen molar-refractivity contribution in [3.8, 4) is 0 Å². The maximum Gasteiger partial charge on any atom is 0.306 e. The number of para-hydroxylation sites is 2. The molecule has 0 aliphatic heterocycles. The Hall–Kier alpha value is -2.11. The molecule has 0 heterocycles. The van der Waals surface area contributed by atoms with Gasteiger partial charge in [-0.05, 0) is 31.7 Å². The fourth-order valence-electron chi connectivity index (χ4n) is 2.46. The minimum Gasteiger partial charge on any atom is -0.481 e. The molecule has 1 aliphatic rings. The van der Waals surface area contributed by atoms with Crippen LogP contribution in [0.5, 0.6) is 0 Å². The van der Waals surface area contributed by atoms with Crippen LogP contribution in [0.1, 0.15) is 25.7 Å². The Labute approximate surface area is 110 Å². The van der Waals surface area contributed by atoms with Gasteiger partial charge in [0.15, 0.2) is 0 Å². The quantitative estimate of drug-likeness (QED) is 0.644. The molecule has 6 nitrogen and oxygen atoms in total. The van der Waals surface area contributed by atoms with E-state index < -0.39 is 10.9 Å². The van der Waals surface area contributed by atoms with Crippen LogP contribution in [0.25, 0.3) is 0 Å². The summed E-state index contributed by atoms with van der Waals surface area (Å²) in [5, 5.41) is 23.0. The summed E-state index contributed by atoms with van der Waals surface area (Å²) in [6.07, 6.45) is 2.69. The van der Waals surface area contributed by atoms with Crippen LogP contribution in [0.3, 0.4) is 0 Å². The lowest BCUT2D eigenvalue weighted by Gasteiger charge is -2.27. The molecule has 0 saturated heterocycles. The lowest BCUT2D eigenvalue weighted by molar-refractivity contribution is -0.384. The highest BCUT2D eigenvalue weighted by Crippen LogP contribution is 2.30. The minimum absolute atomic E-state index is 0.0582. The number of nitro benzene ring substituents is 1. The molecule has 2 N–H and O–H groups in total. The highest BCUT2D eigenvalue weighted by molar-refractivity contribution is 5.70. The molecule has 0 unspecified atom stereocenters. The van der Waals surface area contributed by atoms with E-state index in [1.807, 2.05) is 0 Å². The average Bonchev–Trinajstić information content (AvgIpc) is 2.39. The average molecular weight is 264 g/mol. The van der Waals surface area contributed by atoms with Gasteiger partial charge in [-0.2, -0.15) is 0 Å². The second-order valence-electron chi connectivity index (χ2n) is 4.81. The Morgan fingerprint density at radius 3 is 2.47 bits per heavy atom. The van der Waals surface area contributed by atoms with Crippen molar-refractivity contribution in [3.05, 3.63) is 34.4 Å². The highest BCUT2D eigenvalue weighted by atomic mass is 16.6. The maximum absolute atomic E-state index is 10.9. The molecule has 0 radical (unpaired) electrons. The van der Waals surface area contributed by atoms with E-state index in [0.717, 1.165) is 12.8 Å². The van der Waals surface area contributed by atoms with Crippen molar-refractivity contribution >= 4 is 17.3 Å². The number of nitrogens with one attached hydrogen (secondary N) is 1. The van der Waals surface area contributed by atoms with E-state index in [9.17, 15) is 14.9 Å². The van der Waals surface area contributed by atoms with Gasteiger partial charge in [0.25, 0.3) is 5.69 Å². The molecule has 1 fully saturated rings. The summed E-state index contributed by atoms with van der Waals surface area (Å²) in [6.45, 7) is 0. The SMILES string of the molecule is O=C(O)[C@H]1CC[C@@H](Nc2ccccc2[N+](=O)[O-])CC1. The molecule has 1 saturated carbocycles. The van der Waals surface area contributed by atoms with Crippen LogP contribution in [-0.2, 0) is 4.79 Å². The summed E-state index contributed by atoms with van der Waals surface area (Å²) in [7, 11) is 0. The van der Waals surface area contributed by atoms with Crippen LogP contribution in [0.4, 0.5) is 11.4 Å². The zero-order valence-corrected chi connectivity index (χ0v) is 10.4. The van der Waals surface area contributed by atoms with Crippen LogP contribution in [-0.4, -0.2) is 22.0 Å². The Bertz CT molecular complexity index is 481. The fourth-order valence-corrected chi connectivity index (χ4v) is 2.46. The molecule has 0 amide bonds. The number of aliphatic carboxylic acids is 1. The standard InChI is InChI=1S/C13H16N2O4/c16-13(17)9-5-7-10(8-6-9)14-11-3-1-2-4-12(11)15(18)19/h1-4,9-10,14H,5-8H2,(H,16,17)/t9-,10+. The van der Waals surface area contributed by atoms with Crippen LogP contribution in [0.2, 0.25) is 0 Å². The molecule has 19 heavy (non-hydrogen) atoms. The van der Waals surface area contributed by atoms with Crippen molar-refractivity contribution in [1.29, 1.82) is 0 Å². The summed E-state index contributed by atoms with van der Waals surface area (Å²) in [6, 6.07) is 6.63. The number of rotatable bonds is 4. The summed E-state index contributed by atoms with van der Waals surface area (Å²) >= 11 is 0. The van der Waals surface area contributed by atoms with Crippen molar-refractivity contribution in [3.63, 3.8) is 0 Å². The largest absolute Gasteiger partial charge is 0.481 e. The first-order valence-electron chi connectivity index (χ1n) is 6.30. The van der Waals surface area contributed by atoms with E-state index in [1.54, 1.807) is 18.2 Å². The Kier molecular flexibility index (Phi) is 3.99. The second kappa shape index (κ2) is 5.69. The monoisotopic (exact) mass is 264 g/mol. The lowest BCUT2D eigenvalue weighted by atomic mass is 9.86. The van der Waals surface area contributed by atoms with Gasteiger partial charge in [0.05, 0.1) is 10.8 Å². The number of carboxylic acids is 1. The second-order valence-corrected chi connectivity index (χ2v) is 4.81. The first-order valence-corrected chi connectivity index (χ1v) is 6.30. The molecule has 0 spiro atoms. The molecular weight excluding hydrogens is 248 g/mol. The van der Waals surface area contributed by atoms with Gasteiger partial charge in [-0.1, -0.05) is 12.1 Å². The summed E-state index contributed by atoms with van der Waals surface area (Å²) in [5.41, 5.74) is 0.564. The van der Waals surface area contributed by atoms with Gasteiger partial charge >= 0.3 is 5.97 Å². The number of carboxylic acid groups (broad SMARTS) is 1. The number of nitro groups is 1. The van der Waals surface area contributed by atoms with Crippen molar-refractivity contribution < 1.29 is 14.8 Å². The molecule has 6 heteroatoms. The number of hydrogen-bond donors (Lipinski definition) is 2. The third-order valence-corrected chi connectivity index (χ3v) is 3.54. The number of benzene rings is 1. The van der Waals surface area contributed by atoms with Crippen LogP contribution < -0.4 is 5.32 Å².